The van der Waals surface area contributed by atoms with Crippen molar-refractivity contribution in [3.63, 3.8) is 0 Å². The van der Waals surface area contributed by atoms with Gasteiger partial charge in [-0.15, -0.1) is 0 Å². The number of unbranched alkanes of at least 4 members (excludes halogenated alkanes) is 2. The van der Waals surface area contributed by atoms with Crippen LogP contribution in [0.5, 0.6) is 23.0 Å². The lowest BCUT2D eigenvalue weighted by Gasteiger charge is -2.20. The minimum atomic E-state index is -0.987. The molecule has 2 atom stereocenters. The lowest BCUT2D eigenvalue weighted by Crippen LogP contribution is -2.35. The number of carbonyl (C=O) groups is 3. The van der Waals surface area contributed by atoms with Crippen molar-refractivity contribution in [2.24, 2.45) is 9.98 Å². The molecule has 4 aromatic rings. The number of rotatable bonds is 15. The lowest BCUT2D eigenvalue weighted by molar-refractivity contribution is 0.0695. The highest BCUT2D eigenvalue weighted by Gasteiger charge is 2.35. The minimum absolute atomic E-state index is 0.0383. The molecule has 0 aliphatic carbocycles. The number of carbonyl (C=O) groups excluding carboxylic acids is 2. The second-order valence-electron chi connectivity index (χ2n) is 16.8. The van der Waals surface area contributed by atoms with Crippen molar-refractivity contribution in [1.29, 1.82) is 0 Å². The topological polar surface area (TPSA) is 152 Å². The van der Waals surface area contributed by atoms with Gasteiger partial charge in [0.1, 0.15) is 0 Å². The number of amides is 2. The monoisotopic (exact) mass is 837 g/mol. The van der Waals surface area contributed by atoms with Crippen molar-refractivity contribution in [3.8, 4) is 23.0 Å². The smallest absolute Gasteiger partial charge is 0.335 e. The van der Waals surface area contributed by atoms with E-state index in [9.17, 15) is 19.5 Å². The first-order chi connectivity index (χ1) is 29.9. The summed E-state index contributed by atoms with van der Waals surface area (Å²) in [7, 11) is 3.10. The number of hydrogen-bond donors (Lipinski definition) is 2. The highest BCUT2D eigenvalue weighted by Crippen LogP contribution is 2.42. The Labute approximate surface area is 361 Å². The van der Waals surface area contributed by atoms with E-state index in [1.165, 1.54) is 12.7 Å². The third-order valence-electron chi connectivity index (χ3n) is 11.4. The Morgan fingerprint density at radius 2 is 1.16 bits per heavy atom. The predicted octanol–water partition coefficient (Wildman–Crippen LogP) is 8.86. The SMILES string of the molecule is COc1cc2c(cc1OCCCCCOc1cc3c(cc1OC)C(=O)N1C=C(c4ccc(C(=O)O)cc4)C[C@H]1C=N3)N=C[C@@H]1CC(c3ccc(CNC(C)(C)C)cc3)=CN1C2=O. The number of nitrogens with zero attached hydrogens (tertiary/aromatic N) is 4. The maximum absolute atomic E-state index is 13.9. The Morgan fingerprint density at radius 1 is 0.694 bits per heavy atom. The summed E-state index contributed by atoms with van der Waals surface area (Å²) in [5.41, 5.74) is 7.32. The fourth-order valence-corrected chi connectivity index (χ4v) is 7.92. The summed E-state index contributed by atoms with van der Waals surface area (Å²) in [4.78, 5) is 51.7. The summed E-state index contributed by atoms with van der Waals surface area (Å²) in [5, 5.41) is 12.8. The molecule has 0 saturated heterocycles. The van der Waals surface area contributed by atoms with Crippen LogP contribution in [0.25, 0.3) is 11.1 Å². The van der Waals surface area contributed by atoms with Gasteiger partial charge in [-0.1, -0.05) is 36.4 Å². The third kappa shape index (κ3) is 8.99. The molecule has 4 aromatic carbocycles. The number of benzene rings is 4. The van der Waals surface area contributed by atoms with Gasteiger partial charge in [-0.05, 0) is 92.1 Å². The molecule has 0 bridgehead atoms. The molecule has 0 saturated carbocycles. The largest absolute Gasteiger partial charge is 0.493 e. The molecule has 320 valence electrons. The van der Waals surface area contributed by atoms with E-state index in [2.05, 4.69) is 55.3 Å². The first kappa shape index (κ1) is 42.0. The second kappa shape index (κ2) is 17.7. The van der Waals surface area contributed by atoms with Crippen LogP contribution >= 0.6 is 0 Å². The van der Waals surface area contributed by atoms with E-state index in [-0.39, 0.29) is 35.0 Å². The quantitative estimate of drug-likeness (QED) is 0.112. The maximum Gasteiger partial charge on any atom is 0.335 e. The number of aromatic carboxylic acids is 1. The van der Waals surface area contributed by atoms with Crippen molar-refractivity contribution in [3.05, 3.63) is 119 Å². The minimum Gasteiger partial charge on any atom is -0.493 e. The van der Waals surface area contributed by atoms with Crippen LogP contribution in [-0.4, -0.2) is 90.2 Å². The van der Waals surface area contributed by atoms with Gasteiger partial charge in [-0.3, -0.25) is 19.6 Å². The molecule has 8 rings (SSSR count). The Balaban J connectivity index is 0.835. The molecule has 0 fully saturated rings. The molecule has 0 unspecified atom stereocenters. The molecule has 62 heavy (non-hydrogen) atoms. The Kier molecular flexibility index (Phi) is 12.0. The van der Waals surface area contributed by atoms with E-state index in [0.29, 0.717) is 71.6 Å². The van der Waals surface area contributed by atoms with E-state index in [0.717, 1.165) is 48.1 Å². The molecule has 13 heteroatoms. The van der Waals surface area contributed by atoms with Crippen molar-refractivity contribution in [2.45, 2.75) is 77.0 Å². The van der Waals surface area contributed by atoms with Crippen molar-refractivity contribution in [2.75, 3.05) is 27.4 Å². The van der Waals surface area contributed by atoms with Crippen LogP contribution in [0.15, 0.2) is 95.2 Å². The molecule has 2 amide bonds. The fraction of sp³-hybridized carbons (Fsp3) is 0.327. The van der Waals surface area contributed by atoms with Crippen LogP contribution < -0.4 is 24.3 Å². The lowest BCUT2D eigenvalue weighted by atomic mass is 10.0. The van der Waals surface area contributed by atoms with Gasteiger partial charge in [-0.2, -0.15) is 0 Å². The van der Waals surface area contributed by atoms with E-state index in [4.69, 9.17) is 23.9 Å². The summed E-state index contributed by atoms with van der Waals surface area (Å²) in [6, 6.07) is 21.6. The summed E-state index contributed by atoms with van der Waals surface area (Å²) in [6.45, 7) is 8.09. The highest BCUT2D eigenvalue weighted by molar-refractivity contribution is 6.06. The molecular formula is C49H51N5O8. The number of carboxylic acid groups (broad SMARTS) is 1. The normalized spacial score (nSPS) is 17.6. The van der Waals surface area contributed by atoms with Gasteiger partial charge in [0, 0.05) is 61.9 Å². The number of carboxylic acids is 1. The van der Waals surface area contributed by atoms with Crippen molar-refractivity contribution in [1.82, 2.24) is 15.1 Å². The highest BCUT2D eigenvalue weighted by atomic mass is 16.5. The van der Waals surface area contributed by atoms with E-state index < -0.39 is 5.97 Å². The van der Waals surface area contributed by atoms with Crippen LogP contribution in [0.1, 0.15) is 101 Å². The number of hydrogen-bond acceptors (Lipinski definition) is 10. The maximum atomic E-state index is 13.9. The van der Waals surface area contributed by atoms with Crippen LogP contribution in [-0.2, 0) is 6.54 Å². The Morgan fingerprint density at radius 3 is 1.60 bits per heavy atom. The second-order valence-corrected chi connectivity index (χ2v) is 16.8. The van der Waals surface area contributed by atoms with Crippen LogP contribution in [0.2, 0.25) is 0 Å². The summed E-state index contributed by atoms with van der Waals surface area (Å²) < 4.78 is 23.6. The van der Waals surface area contributed by atoms with Gasteiger partial charge >= 0.3 is 5.97 Å². The van der Waals surface area contributed by atoms with Gasteiger partial charge in [0.05, 0.1) is 67.6 Å². The van der Waals surface area contributed by atoms with E-state index >= 15 is 0 Å². The Hall–Kier alpha value is -6.73. The molecule has 2 N–H and O–H groups in total. The van der Waals surface area contributed by atoms with Gasteiger partial charge in [-0.25, -0.2) is 4.79 Å². The molecule has 0 radical (unpaired) electrons. The van der Waals surface area contributed by atoms with Gasteiger partial charge < -0.3 is 39.2 Å². The average molecular weight is 838 g/mol. The number of methoxy groups -OCH3 is 2. The molecule has 0 aromatic heterocycles. The van der Waals surface area contributed by atoms with Gasteiger partial charge in [0.2, 0.25) is 0 Å². The predicted molar refractivity (Wildman–Crippen MR) is 239 cm³/mol. The van der Waals surface area contributed by atoms with Crippen LogP contribution in [0.4, 0.5) is 11.4 Å². The van der Waals surface area contributed by atoms with Crippen LogP contribution in [0, 0.1) is 0 Å². The summed E-state index contributed by atoms with van der Waals surface area (Å²) in [6.07, 6.45) is 10.9. The number of nitrogens with one attached hydrogen (secondary N) is 1. The molecule has 4 aliphatic heterocycles. The first-order valence-corrected chi connectivity index (χ1v) is 20.9. The number of ether oxygens (including phenoxy) is 4. The van der Waals surface area contributed by atoms with Crippen LogP contribution in [0.3, 0.4) is 0 Å². The van der Waals surface area contributed by atoms with E-state index in [1.54, 1.807) is 71.7 Å². The zero-order valence-electron chi connectivity index (χ0n) is 35.6. The molecule has 13 nitrogen and oxygen atoms in total. The fourth-order valence-electron chi connectivity index (χ4n) is 7.92. The first-order valence-electron chi connectivity index (χ1n) is 20.9. The molecular weight excluding hydrogens is 787 g/mol. The standard InChI is InChI=1S/C49H51N5O8/c1-49(2,3)52-25-30-9-11-31(12-10-30)34-19-36-26-50-40-23-44(42(59-4)21-38(40)46(55)53(36)28-34)61-17-7-6-8-18-62-45-24-41-39(22-43(45)60-5)47(56)54-29-35(20-37(54)27-51-41)32-13-15-33(16-14-32)48(57)58/h9-16,21-24,26-29,36-37,52H,6-8,17-20,25H2,1-5H3,(H,57,58)/t36-,37-/m0/s1. The summed E-state index contributed by atoms with van der Waals surface area (Å²) in [5.74, 6) is 0.606. The Bertz CT molecular complexity index is 2500. The van der Waals surface area contributed by atoms with Gasteiger partial charge in [0.15, 0.2) is 23.0 Å². The number of fused-ring (bicyclic) bond motifs is 4. The van der Waals surface area contributed by atoms with Crippen molar-refractivity contribution < 1.29 is 38.4 Å². The zero-order valence-corrected chi connectivity index (χ0v) is 35.6. The van der Waals surface area contributed by atoms with Crippen molar-refractivity contribution >= 4 is 52.7 Å². The summed E-state index contributed by atoms with van der Waals surface area (Å²) >= 11 is 0. The molecule has 0 spiro atoms. The molecule has 4 heterocycles. The molecule has 4 aliphatic rings. The number of aliphatic imine (C=N–C) groups is 2. The zero-order chi connectivity index (χ0) is 43.5. The third-order valence-corrected chi connectivity index (χ3v) is 11.4. The average Bonchev–Trinajstić information content (AvgIpc) is 3.85. The van der Waals surface area contributed by atoms with Gasteiger partial charge in [0.25, 0.3) is 11.8 Å². The van der Waals surface area contributed by atoms with E-state index in [1.807, 2.05) is 18.6 Å².